The summed E-state index contributed by atoms with van der Waals surface area (Å²) in [4.78, 5) is 0. The van der Waals surface area contributed by atoms with Crippen molar-refractivity contribution in [2.24, 2.45) is 11.8 Å². The van der Waals surface area contributed by atoms with Gasteiger partial charge in [0.2, 0.25) is 0 Å². The van der Waals surface area contributed by atoms with E-state index in [-0.39, 0.29) is 0 Å². The Balaban J connectivity index is 1.54. The molecule has 0 saturated heterocycles. The highest BCUT2D eigenvalue weighted by Crippen LogP contribution is 2.39. The van der Waals surface area contributed by atoms with E-state index in [1.54, 1.807) is 11.1 Å². The van der Waals surface area contributed by atoms with Crippen LogP contribution in [0.5, 0.6) is 0 Å². The smallest absolute Gasteiger partial charge is 0.000525 e. The highest BCUT2D eigenvalue weighted by Gasteiger charge is 2.23. The van der Waals surface area contributed by atoms with E-state index in [4.69, 9.17) is 23.2 Å². The second-order valence-corrected chi connectivity index (χ2v) is 8.03. The van der Waals surface area contributed by atoms with Crippen molar-refractivity contribution in [1.82, 2.24) is 0 Å². The minimum absolute atomic E-state index is 0.690. The van der Waals surface area contributed by atoms with Crippen LogP contribution in [-0.4, -0.2) is 0 Å². The van der Waals surface area contributed by atoms with Crippen molar-refractivity contribution < 1.29 is 0 Å². The molecular formula is C22H28Cl2. The average molecular weight is 363 g/mol. The van der Waals surface area contributed by atoms with E-state index in [1.807, 2.05) is 0 Å². The maximum atomic E-state index is 5.72. The van der Waals surface area contributed by atoms with Gasteiger partial charge in [-0.3, -0.25) is 0 Å². The minimum atomic E-state index is 0.690. The second kappa shape index (κ2) is 9.11. The second-order valence-electron chi connectivity index (χ2n) is 7.53. The quantitative estimate of drug-likeness (QED) is 0.513. The molecule has 0 atom stereocenters. The van der Waals surface area contributed by atoms with E-state index in [9.17, 15) is 0 Å². The molecule has 2 saturated carbocycles. The van der Waals surface area contributed by atoms with Gasteiger partial charge in [0.1, 0.15) is 0 Å². The SMILES string of the molecule is Cl/C=C/[C@H]1CC[C@H](c2ccc([C@H]3CC[C@H](/C=C/Cl)CC3)cc2)CC1. The number of allylic oxidation sites excluding steroid dienone is 2. The van der Waals surface area contributed by atoms with E-state index in [0.717, 1.165) is 11.8 Å². The summed E-state index contributed by atoms with van der Waals surface area (Å²) in [5.74, 6) is 2.86. The molecule has 2 aliphatic carbocycles. The lowest BCUT2D eigenvalue weighted by Gasteiger charge is -2.29. The van der Waals surface area contributed by atoms with Crippen molar-refractivity contribution in [1.29, 1.82) is 0 Å². The van der Waals surface area contributed by atoms with Crippen LogP contribution >= 0.6 is 23.2 Å². The van der Waals surface area contributed by atoms with Crippen molar-refractivity contribution >= 4 is 23.2 Å². The number of hydrogen-bond acceptors (Lipinski definition) is 0. The summed E-state index contributed by atoms with van der Waals surface area (Å²) in [6.07, 6.45) is 14.6. The third-order valence-electron chi connectivity index (χ3n) is 6.11. The molecule has 3 rings (SSSR count). The lowest BCUT2D eigenvalue weighted by molar-refractivity contribution is 0.373. The van der Waals surface area contributed by atoms with Crippen LogP contribution in [0.25, 0.3) is 0 Å². The number of hydrogen-bond donors (Lipinski definition) is 0. The largest absolute Gasteiger partial charge is 0.0933 e. The topological polar surface area (TPSA) is 0 Å². The molecule has 2 aliphatic rings. The highest BCUT2D eigenvalue weighted by atomic mass is 35.5. The van der Waals surface area contributed by atoms with Crippen LogP contribution in [0, 0.1) is 11.8 Å². The summed E-state index contributed by atoms with van der Waals surface area (Å²) in [6, 6.07) is 9.57. The Morgan fingerprint density at radius 2 is 0.917 bits per heavy atom. The predicted molar refractivity (Wildman–Crippen MR) is 106 cm³/mol. The fourth-order valence-corrected chi connectivity index (χ4v) is 4.95. The first-order valence-corrected chi connectivity index (χ1v) is 10.3. The molecule has 130 valence electrons. The number of halogens is 2. The maximum absolute atomic E-state index is 5.72. The zero-order chi connectivity index (χ0) is 16.8. The standard InChI is InChI=1S/C22H28Cl2/c23-15-13-17-1-5-19(6-2-17)21-9-11-22(12-10-21)20-7-3-18(4-8-20)14-16-24/h9-20H,1-8H2/b15-13+,16-14+/t17-,18-,19-,20-. The summed E-state index contributed by atoms with van der Waals surface area (Å²) in [7, 11) is 0. The first-order valence-electron chi connectivity index (χ1n) is 9.43. The lowest BCUT2D eigenvalue weighted by atomic mass is 9.76. The van der Waals surface area contributed by atoms with Crippen molar-refractivity contribution in [2.45, 2.75) is 63.2 Å². The van der Waals surface area contributed by atoms with Gasteiger partial charge in [-0.15, -0.1) is 0 Å². The van der Waals surface area contributed by atoms with Gasteiger partial charge < -0.3 is 0 Å². The fraction of sp³-hybridized carbons (Fsp3) is 0.545. The van der Waals surface area contributed by atoms with Gasteiger partial charge in [0.05, 0.1) is 0 Å². The molecule has 0 aromatic heterocycles. The first kappa shape index (κ1) is 18.1. The van der Waals surface area contributed by atoms with Crippen LogP contribution in [0.15, 0.2) is 47.5 Å². The predicted octanol–water partition coefficient (Wildman–Crippen LogP) is 7.74. The Morgan fingerprint density at radius 1 is 0.583 bits per heavy atom. The summed E-state index contributed by atoms with van der Waals surface area (Å²) in [5.41, 5.74) is 6.45. The molecule has 0 aliphatic heterocycles. The molecule has 2 fully saturated rings. The summed E-state index contributed by atoms with van der Waals surface area (Å²) in [6.45, 7) is 0. The Labute approximate surface area is 156 Å². The minimum Gasteiger partial charge on any atom is -0.0933 e. The fourth-order valence-electron chi connectivity index (χ4n) is 4.54. The molecular weight excluding hydrogens is 335 g/mol. The van der Waals surface area contributed by atoms with Gasteiger partial charge in [0.15, 0.2) is 0 Å². The zero-order valence-electron chi connectivity index (χ0n) is 14.3. The molecule has 24 heavy (non-hydrogen) atoms. The first-order chi connectivity index (χ1) is 11.8. The third kappa shape index (κ3) is 4.67. The van der Waals surface area contributed by atoms with Gasteiger partial charge in [0, 0.05) is 11.1 Å². The molecule has 0 N–H and O–H groups in total. The van der Waals surface area contributed by atoms with Gasteiger partial charge >= 0.3 is 0 Å². The van der Waals surface area contributed by atoms with Gasteiger partial charge in [0.25, 0.3) is 0 Å². The van der Waals surface area contributed by atoms with E-state index in [0.29, 0.717) is 11.8 Å². The van der Waals surface area contributed by atoms with E-state index < -0.39 is 0 Å². The van der Waals surface area contributed by atoms with Crippen LogP contribution in [0.1, 0.15) is 74.3 Å². The Morgan fingerprint density at radius 3 is 1.21 bits per heavy atom. The van der Waals surface area contributed by atoms with Gasteiger partial charge in [-0.25, -0.2) is 0 Å². The normalized spacial score (nSPS) is 31.8. The van der Waals surface area contributed by atoms with E-state index in [2.05, 4.69) is 36.4 Å². The molecule has 0 amide bonds. The zero-order valence-corrected chi connectivity index (χ0v) is 15.9. The summed E-state index contributed by atoms with van der Waals surface area (Å²) >= 11 is 11.4. The van der Waals surface area contributed by atoms with Crippen molar-refractivity contribution in [3.8, 4) is 0 Å². The summed E-state index contributed by atoms with van der Waals surface area (Å²) < 4.78 is 0. The van der Waals surface area contributed by atoms with E-state index >= 15 is 0 Å². The van der Waals surface area contributed by atoms with Crippen molar-refractivity contribution in [3.05, 3.63) is 58.6 Å². The summed E-state index contributed by atoms with van der Waals surface area (Å²) in [5, 5.41) is 0. The Hall–Kier alpha value is -0.720. The maximum Gasteiger partial charge on any atom is 0.000525 e. The lowest BCUT2D eigenvalue weighted by Crippen LogP contribution is -2.13. The van der Waals surface area contributed by atoms with Crippen LogP contribution in [0.2, 0.25) is 0 Å². The van der Waals surface area contributed by atoms with Gasteiger partial charge in [-0.1, -0.05) is 59.6 Å². The molecule has 0 spiro atoms. The molecule has 0 bridgehead atoms. The van der Waals surface area contributed by atoms with Crippen LogP contribution in [0.3, 0.4) is 0 Å². The van der Waals surface area contributed by atoms with Crippen LogP contribution in [0.4, 0.5) is 0 Å². The molecule has 0 nitrogen and oxygen atoms in total. The molecule has 0 heterocycles. The monoisotopic (exact) mass is 362 g/mol. The molecule has 0 radical (unpaired) electrons. The van der Waals surface area contributed by atoms with Crippen molar-refractivity contribution in [2.75, 3.05) is 0 Å². The molecule has 1 aromatic rings. The average Bonchev–Trinajstić information content (AvgIpc) is 2.64. The third-order valence-corrected chi connectivity index (χ3v) is 6.40. The molecule has 1 aromatic carbocycles. The van der Waals surface area contributed by atoms with Gasteiger partial charge in [-0.2, -0.15) is 0 Å². The van der Waals surface area contributed by atoms with Crippen molar-refractivity contribution in [3.63, 3.8) is 0 Å². The number of rotatable bonds is 4. The number of benzene rings is 1. The van der Waals surface area contributed by atoms with E-state index in [1.165, 1.54) is 62.5 Å². The Kier molecular flexibility index (Phi) is 6.86. The van der Waals surface area contributed by atoms with Gasteiger partial charge in [-0.05, 0) is 86.2 Å². The van der Waals surface area contributed by atoms with Crippen LogP contribution in [-0.2, 0) is 0 Å². The highest BCUT2D eigenvalue weighted by molar-refractivity contribution is 6.25. The molecule has 2 heteroatoms. The van der Waals surface area contributed by atoms with Crippen LogP contribution < -0.4 is 0 Å². The Bertz CT molecular complexity index is 491. The molecule has 0 unspecified atom stereocenters.